The third-order valence-electron chi connectivity index (χ3n) is 3.22. The molecule has 1 aromatic heterocycles. The molecule has 3 rings (SSSR count). The van der Waals surface area contributed by atoms with Crippen LogP contribution in [0.4, 0.5) is 0 Å². The molecular weight excluding hydrogens is 338 g/mol. The van der Waals surface area contributed by atoms with Crippen molar-refractivity contribution >= 4 is 36.9 Å². The number of nitrogens with zero attached hydrogens (tertiary/aromatic N) is 1. The van der Waals surface area contributed by atoms with E-state index in [-0.39, 0.29) is 0 Å². The van der Waals surface area contributed by atoms with E-state index in [2.05, 4.69) is 15.9 Å². The molecule has 20 heavy (non-hydrogen) atoms. The molecule has 0 atom stereocenters. The first-order valence-corrected chi connectivity index (χ1v) is 8.31. The van der Waals surface area contributed by atoms with Crippen molar-refractivity contribution in [2.24, 2.45) is 0 Å². The fourth-order valence-electron chi connectivity index (χ4n) is 2.14. The maximum absolute atomic E-state index is 12.7. The summed E-state index contributed by atoms with van der Waals surface area (Å²) in [6, 6.07) is 14.2. The van der Waals surface area contributed by atoms with Crippen LogP contribution in [0.15, 0.2) is 64.1 Å². The summed E-state index contributed by atoms with van der Waals surface area (Å²) in [5.74, 6) is 0. The van der Waals surface area contributed by atoms with Gasteiger partial charge < -0.3 is 0 Å². The maximum Gasteiger partial charge on any atom is 0.268 e. The van der Waals surface area contributed by atoms with Gasteiger partial charge in [0.05, 0.1) is 10.4 Å². The first-order chi connectivity index (χ1) is 9.50. The van der Waals surface area contributed by atoms with Crippen LogP contribution in [0.5, 0.6) is 0 Å². The van der Waals surface area contributed by atoms with Crippen molar-refractivity contribution < 1.29 is 8.42 Å². The van der Waals surface area contributed by atoms with E-state index in [0.29, 0.717) is 10.4 Å². The molecule has 0 aliphatic rings. The minimum atomic E-state index is -3.56. The summed E-state index contributed by atoms with van der Waals surface area (Å²) in [5, 5.41) is 0.878. The molecule has 0 fully saturated rings. The van der Waals surface area contributed by atoms with Crippen molar-refractivity contribution in [1.82, 2.24) is 3.97 Å². The zero-order valence-corrected chi connectivity index (χ0v) is 13.1. The molecule has 0 saturated carbocycles. The Bertz CT molecular complexity index is 880. The van der Waals surface area contributed by atoms with E-state index < -0.39 is 10.0 Å². The van der Waals surface area contributed by atoms with Gasteiger partial charge in [0.2, 0.25) is 0 Å². The van der Waals surface area contributed by atoms with E-state index in [4.69, 9.17) is 0 Å². The van der Waals surface area contributed by atoms with Crippen LogP contribution in [0.25, 0.3) is 10.9 Å². The smallest absolute Gasteiger partial charge is 0.241 e. The Morgan fingerprint density at radius 3 is 2.40 bits per heavy atom. The number of rotatable bonds is 2. The predicted octanol–water partition coefficient (Wildman–Crippen LogP) is 3.95. The average Bonchev–Trinajstić information content (AvgIpc) is 2.85. The molecule has 0 unspecified atom stereocenters. The van der Waals surface area contributed by atoms with Gasteiger partial charge in [-0.3, -0.25) is 0 Å². The molecule has 5 heteroatoms. The van der Waals surface area contributed by atoms with Crippen LogP contribution in [0.3, 0.4) is 0 Å². The fourth-order valence-corrected chi connectivity index (χ4v) is 3.97. The molecule has 0 amide bonds. The second kappa shape index (κ2) is 4.75. The Hall–Kier alpha value is -1.59. The third kappa shape index (κ3) is 2.07. The maximum atomic E-state index is 12.7. The summed E-state index contributed by atoms with van der Waals surface area (Å²) >= 11 is 3.43. The van der Waals surface area contributed by atoms with Gasteiger partial charge in [0.1, 0.15) is 0 Å². The van der Waals surface area contributed by atoms with E-state index in [1.54, 1.807) is 42.6 Å². The van der Waals surface area contributed by atoms with E-state index in [9.17, 15) is 8.42 Å². The summed E-state index contributed by atoms with van der Waals surface area (Å²) in [6.07, 6.45) is 1.59. The Labute approximate surface area is 126 Å². The van der Waals surface area contributed by atoms with Crippen LogP contribution in [-0.2, 0) is 10.0 Å². The summed E-state index contributed by atoms with van der Waals surface area (Å²) in [5.41, 5.74) is 1.70. The molecule has 0 saturated heterocycles. The standard InChI is InChI=1S/C15H12BrNO2S/c1-11-5-7-12(8-6-11)20(18,19)17-10-9-13-14(16)3-2-4-15(13)17/h2-10H,1H3. The highest BCUT2D eigenvalue weighted by molar-refractivity contribution is 9.10. The van der Waals surface area contributed by atoms with Crippen molar-refractivity contribution in [3.8, 4) is 0 Å². The van der Waals surface area contributed by atoms with Gasteiger partial charge in [-0.15, -0.1) is 0 Å². The van der Waals surface area contributed by atoms with Crippen LogP contribution < -0.4 is 0 Å². The number of hydrogen-bond donors (Lipinski definition) is 0. The van der Waals surface area contributed by atoms with Gasteiger partial charge in [-0.2, -0.15) is 0 Å². The number of aryl methyl sites for hydroxylation is 1. The highest BCUT2D eigenvalue weighted by atomic mass is 79.9. The van der Waals surface area contributed by atoms with Gasteiger partial charge in [0, 0.05) is 16.1 Å². The number of fused-ring (bicyclic) bond motifs is 1. The van der Waals surface area contributed by atoms with Gasteiger partial charge in [-0.05, 0) is 37.3 Å². The largest absolute Gasteiger partial charge is 0.268 e. The number of halogens is 1. The van der Waals surface area contributed by atoms with Gasteiger partial charge in [0.15, 0.2) is 0 Å². The highest BCUT2D eigenvalue weighted by Gasteiger charge is 2.18. The lowest BCUT2D eigenvalue weighted by molar-refractivity contribution is 0.589. The second-order valence-electron chi connectivity index (χ2n) is 4.60. The second-order valence-corrected chi connectivity index (χ2v) is 7.27. The molecule has 3 aromatic rings. The fraction of sp³-hybridized carbons (Fsp3) is 0.0667. The summed E-state index contributed by atoms with van der Waals surface area (Å²) in [6.45, 7) is 1.93. The first-order valence-electron chi connectivity index (χ1n) is 6.08. The summed E-state index contributed by atoms with van der Waals surface area (Å²) in [4.78, 5) is 0.292. The van der Waals surface area contributed by atoms with Crippen LogP contribution in [0.1, 0.15) is 5.56 Å². The Balaban J connectivity index is 2.24. The van der Waals surface area contributed by atoms with E-state index in [1.165, 1.54) is 3.97 Å². The molecule has 2 aromatic carbocycles. The SMILES string of the molecule is Cc1ccc(S(=O)(=O)n2ccc3c(Br)cccc32)cc1. The minimum absolute atomic E-state index is 0.292. The Morgan fingerprint density at radius 1 is 1.00 bits per heavy atom. The molecule has 0 radical (unpaired) electrons. The lowest BCUT2D eigenvalue weighted by Crippen LogP contribution is -2.11. The van der Waals surface area contributed by atoms with Crippen LogP contribution >= 0.6 is 15.9 Å². The van der Waals surface area contributed by atoms with E-state index in [0.717, 1.165) is 15.4 Å². The van der Waals surface area contributed by atoms with Gasteiger partial charge >= 0.3 is 0 Å². The lowest BCUT2D eigenvalue weighted by Gasteiger charge is -2.08. The highest BCUT2D eigenvalue weighted by Crippen LogP contribution is 2.27. The zero-order chi connectivity index (χ0) is 14.3. The number of benzene rings is 2. The van der Waals surface area contributed by atoms with Gasteiger partial charge in [-0.25, -0.2) is 12.4 Å². The molecular formula is C15H12BrNO2S. The molecule has 0 aliphatic heterocycles. The third-order valence-corrected chi connectivity index (χ3v) is 5.62. The summed E-state index contributed by atoms with van der Waals surface area (Å²) in [7, 11) is -3.56. The topological polar surface area (TPSA) is 39.1 Å². The van der Waals surface area contributed by atoms with E-state index in [1.807, 2.05) is 19.1 Å². The van der Waals surface area contributed by atoms with Crippen LogP contribution in [-0.4, -0.2) is 12.4 Å². The molecule has 1 heterocycles. The van der Waals surface area contributed by atoms with E-state index >= 15 is 0 Å². The zero-order valence-electron chi connectivity index (χ0n) is 10.7. The average molecular weight is 350 g/mol. The van der Waals surface area contributed by atoms with Crippen LogP contribution in [0.2, 0.25) is 0 Å². The number of aromatic nitrogens is 1. The molecule has 3 nitrogen and oxygen atoms in total. The molecule has 0 N–H and O–H groups in total. The lowest BCUT2D eigenvalue weighted by atomic mass is 10.2. The van der Waals surface area contributed by atoms with Gasteiger partial charge in [-0.1, -0.05) is 39.7 Å². The van der Waals surface area contributed by atoms with Crippen molar-refractivity contribution in [3.63, 3.8) is 0 Å². The molecule has 102 valence electrons. The Morgan fingerprint density at radius 2 is 1.70 bits per heavy atom. The minimum Gasteiger partial charge on any atom is -0.241 e. The number of hydrogen-bond acceptors (Lipinski definition) is 2. The van der Waals surface area contributed by atoms with Crippen LogP contribution in [0, 0.1) is 6.92 Å². The van der Waals surface area contributed by atoms with Crippen molar-refractivity contribution in [2.45, 2.75) is 11.8 Å². The molecule has 0 spiro atoms. The van der Waals surface area contributed by atoms with Gasteiger partial charge in [0.25, 0.3) is 10.0 Å². The summed E-state index contributed by atoms with van der Waals surface area (Å²) < 4.78 is 27.6. The Kier molecular flexibility index (Phi) is 3.18. The van der Waals surface area contributed by atoms with Crippen molar-refractivity contribution in [2.75, 3.05) is 0 Å². The predicted molar refractivity (Wildman–Crippen MR) is 83.4 cm³/mol. The molecule has 0 aliphatic carbocycles. The monoisotopic (exact) mass is 349 g/mol. The normalized spacial score (nSPS) is 11.9. The molecule has 0 bridgehead atoms. The first kappa shape index (κ1) is 13.4. The van der Waals surface area contributed by atoms with Crippen molar-refractivity contribution in [3.05, 3.63) is 64.8 Å². The quantitative estimate of drug-likeness (QED) is 0.702. The van der Waals surface area contributed by atoms with Crippen molar-refractivity contribution in [1.29, 1.82) is 0 Å².